The van der Waals surface area contributed by atoms with Crippen molar-refractivity contribution in [1.29, 1.82) is 0 Å². The van der Waals surface area contributed by atoms with Crippen molar-refractivity contribution in [3.63, 3.8) is 0 Å². The molecule has 0 aromatic heterocycles. The van der Waals surface area contributed by atoms with Gasteiger partial charge in [-0.2, -0.15) is 0 Å². The number of nitrogens with one attached hydrogen (secondary N) is 2. The third-order valence-corrected chi connectivity index (χ3v) is 4.01. The van der Waals surface area contributed by atoms with Gasteiger partial charge in [-0.1, -0.05) is 18.6 Å². The lowest BCUT2D eigenvalue weighted by Gasteiger charge is -2.26. The Bertz CT molecular complexity index is 292. The summed E-state index contributed by atoms with van der Waals surface area (Å²) in [6.07, 6.45) is 12.5. The number of allylic oxidation sites excluding steroid dienone is 2. The van der Waals surface area contributed by atoms with Crippen molar-refractivity contribution in [2.75, 3.05) is 19.6 Å². The quantitative estimate of drug-likeness (QED) is 0.446. The maximum atomic E-state index is 4.73. The average Bonchev–Trinajstić information content (AvgIpc) is 2.35. The molecule has 2 aliphatic rings. The molecule has 2 aliphatic carbocycles. The standard InChI is InChI=1S/C15H27N3/c1-2-16-15(18-12-14-9-6-10-14)17-11-13-7-4-3-5-8-13/h3-4,13-14H,2,5-12H2,1H3,(H2,16,17,18). The minimum atomic E-state index is 0.745. The lowest BCUT2D eigenvalue weighted by atomic mass is 9.85. The van der Waals surface area contributed by atoms with E-state index < -0.39 is 0 Å². The molecule has 1 fully saturated rings. The highest BCUT2D eigenvalue weighted by Gasteiger charge is 2.17. The number of nitrogens with zero attached hydrogens (tertiary/aromatic N) is 1. The Balaban J connectivity index is 1.73. The lowest BCUT2D eigenvalue weighted by molar-refractivity contribution is 0.314. The van der Waals surface area contributed by atoms with E-state index in [2.05, 4.69) is 29.7 Å². The molecule has 0 saturated heterocycles. The van der Waals surface area contributed by atoms with E-state index in [1.807, 2.05) is 0 Å². The van der Waals surface area contributed by atoms with Crippen molar-refractivity contribution < 1.29 is 0 Å². The molecule has 0 aromatic rings. The molecule has 18 heavy (non-hydrogen) atoms. The maximum absolute atomic E-state index is 4.73. The van der Waals surface area contributed by atoms with Crippen molar-refractivity contribution in [3.05, 3.63) is 12.2 Å². The van der Waals surface area contributed by atoms with Crippen molar-refractivity contribution in [3.8, 4) is 0 Å². The van der Waals surface area contributed by atoms with Crippen LogP contribution in [0.5, 0.6) is 0 Å². The van der Waals surface area contributed by atoms with Crippen LogP contribution < -0.4 is 10.6 Å². The van der Waals surface area contributed by atoms with Crippen LogP contribution in [0.1, 0.15) is 45.4 Å². The largest absolute Gasteiger partial charge is 0.357 e. The SMILES string of the molecule is CCNC(=NCC1CC=CCC1)NCC1CCC1. The minimum absolute atomic E-state index is 0.745. The van der Waals surface area contributed by atoms with E-state index >= 15 is 0 Å². The van der Waals surface area contributed by atoms with Gasteiger partial charge in [-0.25, -0.2) is 0 Å². The molecular formula is C15H27N3. The molecule has 3 heteroatoms. The second-order valence-electron chi connectivity index (χ2n) is 5.55. The van der Waals surface area contributed by atoms with Crippen molar-refractivity contribution in [2.24, 2.45) is 16.8 Å². The van der Waals surface area contributed by atoms with Gasteiger partial charge in [-0.15, -0.1) is 0 Å². The first-order chi connectivity index (χ1) is 8.88. The Morgan fingerprint density at radius 2 is 2.06 bits per heavy atom. The third-order valence-electron chi connectivity index (χ3n) is 4.01. The van der Waals surface area contributed by atoms with E-state index in [4.69, 9.17) is 4.99 Å². The topological polar surface area (TPSA) is 36.4 Å². The summed E-state index contributed by atoms with van der Waals surface area (Å²) < 4.78 is 0. The summed E-state index contributed by atoms with van der Waals surface area (Å²) in [4.78, 5) is 4.73. The second-order valence-corrected chi connectivity index (χ2v) is 5.55. The van der Waals surface area contributed by atoms with Crippen LogP contribution in [0.15, 0.2) is 17.1 Å². The normalized spacial score (nSPS) is 24.7. The Hall–Kier alpha value is -0.990. The van der Waals surface area contributed by atoms with Gasteiger partial charge in [0.1, 0.15) is 0 Å². The smallest absolute Gasteiger partial charge is 0.191 e. The Morgan fingerprint density at radius 3 is 2.67 bits per heavy atom. The highest BCUT2D eigenvalue weighted by molar-refractivity contribution is 5.79. The van der Waals surface area contributed by atoms with Crippen molar-refractivity contribution >= 4 is 5.96 Å². The number of guanidine groups is 1. The van der Waals surface area contributed by atoms with E-state index in [0.717, 1.165) is 37.4 Å². The van der Waals surface area contributed by atoms with Gasteiger partial charge in [0.15, 0.2) is 5.96 Å². The fraction of sp³-hybridized carbons (Fsp3) is 0.800. The van der Waals surface area contributed by atoms with Gasteiger partial charge in [0, 0.05) is 19.6 Å². The zero-order valence-corrected chi connectivity index (χ0v) is 11.6. The van der Waals surface area contributed by atoms with Crippen LogP contribution in [0, 0.1) is 11.8 Å². The Kier molecular flexibility index (Phi) is 5.56. The average molecular weight is 249 g/mol. The van der Waals surface area contributed by atoms with Crippen LogP contribution in [0.25, 0.3) is 0 Å². The molecule has 3 nitrogen and oxygen atoms in total. The first-order valence-corrected chi connectivity index (χ1v) is 7.55. The summed E-state index contributed by atoms with van der Waals surface area (Å²) in [7, 11) is 0. The summed E-state index contributed by atoms with van der Waals surface area (Å²) in [6.45, 7) is 5.13. The fourth-order valence-corrected chi connectivity index (χ4v) is 2.52. The van der Waals surface area contributed by atoms with Gasteiger partial charge >= 0.3 is 0 Å². The van der Waals surface area contributed by atoms with Crippen LogP contribution >= 0.6 is 0 Å². The Labute approximate surface area is 111 Å². The van der Waals surface area contributed by atoms with Gasteiger partial charge in [-0.3, -0.25) is 4.99 Å². The van der Waals surface area contributed by atoms with E-state index in [-0.39, 0.29) is 0 Å². The molecule has 1 atom stereocenters. The highest BCUT2D eigenvalue weighted by atomic mass is 15.2. The van der Waals surface area contributed by atoms with E-state index in [0.29, 0.717) is 0 Å². The zero-order valence-electron chi connectivity index (χ0n) is 11.6. The molecule has 0 radical (unpaired) electrons. The lowest BCUT2D eigenvalue weighted by Crippen LogP contribution is -2.41. The van der Waals surface area contributed by atoms with E-state index in [1.165, 1.54) is 38.5 Å². The molecule has 1 saturated carbocycles. The van der Waals surface area contributed by atoms with Gasteiger partial charge < -0.3 is 10.6 Å². The summed E-state index contributed by atoms with van der Waals surface area (Å²) in [5.74, 6) is 2.64. The van der Waals surface area contributed by atoms with Gasteiger partial charge in [0.25, 0.3) is 0 Å². The van der Waals surface area contributed by atoms with Crippen LogP contribution in [0.2, 0.25) is 0 Å². The molecule has 1 unspecified atom stereocenters. The molecule has 0 aliphatic heterocycles. The fourth-order valence-electron chi connectivity index (χ4n) is 2.52. The van der Waals surface area contributed by atoms with E-state index in [9.17, 15) is 0 Å². The molecular weight excluding hydrogens is 222 g/mol. The van der Waals surface area contributed by atoms with Crippen molar-refractivity contribution in [2.45, 2.75) is 45.4 Å². The number of rotatable bonds is 5. The number of hydrogen-bond donors (Lipinski definition) is 2. The summed E-state index contributed by atoms with van der Waals surface area (Å²) in [5, 5.41) is 6.83. The predicted molar refractivity (Wildman–Crippen MR) is 77.8 cm³/mol. The maximum Gasteiger partial charge on any atom is 0.191 e. The van der Waals surface area contributed by atoms with Crippen molar-refractivity contribution in [1.82, 2.24) is 10.6 Å². The van der Waals surface area contributed by atoms with Gasteiger partial charge in [0.05, 0.1) is 0 Å². The van der Waals surface area contributed by atoms with Crippen LogP contribution in [0.4, 0.5) is 0 Å². The van der Waals surface area contributed by atoms with Crippen LogP contribution in [-0.4, -0.2) is 25.6 Å². The molecule has 0 heterocycles. The van der Waals surface area contributed by atoms with Gasteiger partial charge in [-0.05, 0) is 50.9 Å². The molecule has 0 spiro atoms. The Morgan fingerprint density at radius 1 is 1.17 bits per heavy atom. The highest BCUT2D eigenvalue weighted by Crippen LogP contribution is 2.25. The minimum Gasteiger partial charge on any atom is -0.357 e. The molecule has 102 valence electrons. The predicted octanol–water partition coefficient (Wildman–Crippen LogP) is 2.70. The number of aliphatic imine (C=N–C) groups is 1. The first kappa shape index (κ1) is 13.4. The van der Waals surface area contributed by atoms with Crippen LogP contribution in [0.3, 0.4) is 0 Å². The molecule has 0 aromatic carbocycles. The summed E-state index contributed by atoms with van der Waals surface area (Å²) in [6, 6.07) is 0. The van der Waals surface area contributed by atoms with Crippen LogP contribution in [-0.2, 0) is 0 Å². The monoisotopic (exact) mass is 249 g/mol. The molecule has 2 N–H and O–H groups in total. The number of hydrogen-bond acceptors (Lipinski definition) is 1. The van der Waals surface area contributed by atoms with Gasteiger partial charge in [0.2, 0.25) is 0 Å². The summed E-state index contributed by atoms with van der Waals surface area (Å²) in [5.41, 5.74) is 0. The molecule has 2 rings (SSSR count). The molecule has 0 bridgehead atoms. The third kappa shape index (κ3) is 4.35. The summed E-state index contributed by atoms with van der Waals surface area (Å²) >= 11 is 0. The molecule has 0 amide bonds. The second kappa shape index (κ2) is 7.45. The first-order valence-electron chi connectivity index (χ1n) is 7.55. The van der Waals surface area contributed by atoms with E-state index in [1.54, 1.807) is 0 Å². The zero-order chi connectivity index (χ0) is 12.6.